The van der Waals surface area contributed by atoms with Crippen LogP contribution in [0.2, 0.25) is 0 Å². The van der Waals surface area contributed by atoms with Crippen LogP contribution in [0.3, 0.4) is 0 Å². The van der Waals surface area contributed by atoms with E-state index in [1.54, 1.807) is 0 Å². The van der Waals surface area contributed by atoms with E-state index in [1.165, 1.54) is 34.5 Å². The van der Waals surface area contributed by atoms with Crippen molar-refractivity contribution in [2.75, 3.05) is 133 Å². The molecule has 6 aliphatic rings. The zero-order chi connectivity index (χ0) is 80.3. The number of carbonyl (C=O) groups is 6. The van der Waals surface area contributed by atoms with Gasteiger partial charge in [0.05, 0.1) is 17.1 Å². The van der Waals surface area contributed by atoms with Crippen molar-refractivity contribution in [1.29, 1.82) is 0 Å². The third-order valence-corrected chi connectivity index (χ3v) is 22.9. The molecule has 10 aromatic rings. The standard InChI is InChI=1S/C34H35N3O3.2C30H31F2N3O3/c38-33-24-40-32-12-6-5-11-31(32)37(33)22-21-36-19-16-27(17-20-36)29-9-3-4-10-30(29)34(39)35-18-15-25-13-14-26-7-1-2-8-28(26)23-25;31-23-17-21(18-24(32)19-23)9-12-33-30(37)26-6-2-1-5-25(26)22-10-13-34(14-11-22)15-16-35-27-7-3-4-8-28(27)38-20-29(35)36;31-25-10-9-21(19-26(25)32)11-14-33-30(37)24-6-2-1-5-23(24)22-12-15-34(16-13-22)17-18-35-27-7-3-4-8-28(27)38-20-29(35)36/h1-14,23,27H,15-22,24H2,(H,35,39);1-8,17-19,22H,9-16,20H2,(H,33,37);1-10,19,22H,11-18,20H2,(H,33,37). The first-order valence-corrected chi connectivity index (χ1v) is 40.3. The van der Waals surface area contributed by atoms with Gasteiger partial charge >= 0.3 is 0 Å². The monoisotopic (exact) mass is 1570 g/mol. The summed E-state index contributed by atoms with van der Waals surface area (Å²) in [4.78, 5) is 89.3. The van der Waals surface area contributed by atoms with Gasteiger partial charge in [-0.1, -0.05) is 140 Å². The summed E-state index contributed by atoms with van der Waals surface area (Å²) in [5.74, 6) is -0.243. The van der Waals surface area contributed by atoms with Crippen LogP contribution in [0.25, 0.3) is 10.8 Å². The van der Waals surface area contributed by atoms with Crippen LogP contribution in [-0.4, -0.2) is 168 Å². The quantitative estimate of drug-likeness (QED) is 0.0487. The molecule has 116 heavy (non-hydrogen) atoms. The molecule has 6 heterocycles. The van der Waals surface area contributed by atoms with Gasteiger partial charge in [-0.05, 0) is 238 Å². The number of nitrogens with zero attached hydrogens (tertiary/aromatic N) is 6. The van der Waals surface area contributed by atoms with Gasteiger partial charge in [-0.15, -0.1) is 0 Å². The summed E-state index contributed by atoms with van der Waals surface area (Å²) in [7, 11) is 0. The number of halogens is 4. The highest BCUT2D eigenvalue weighted by Gasteiger charge is 2.33. The highest BCUT2D eigenvalue weighted by molar-refractivity contribution is 6.00. The molecule has 0 spiro atoms. The number of para-hydroxylation sites is 6. The number of benzene rings is 10. The van der Waals surface area contributed by atoms with Crippen molar-refractivity contribution in [1.82, 2.24) is 30.7 Å². The minimum atomic E-state index is -0.883. The molecule has 16 rings (SSSR count). The molecule has 18 nitrogen and oxygen atoms in total. The van der Waals surface area contributed by atoms with E-state index >= 15 is 0 Å². The Morgan fingerprint density at radius 1 is 0.328 bits per heavy atom. The fraction of sp³-hybridized carbons (Fsp3) is 0.319. The third-order valence-electron chi connectivity index (χ3n) is 22.9. The van der Waals surface area contributed by atoms with E-state index in [-0.39, 0.29) is 73.6 Å². The van der Waals surface area contributed by atoms with Crippen molar-refractivity contribution in [3.8, 4) is 17.2 Å². The Kier molecular flexibility index (Phi) is 27.2. The number of amides is 6. The second-order valence-corrected chi connectivity index (χ2v) is 30.2. The highest BCUT2D eigenvalue weighted by Crippen LogP contribution is 2.38. The van der Waals surface area contributed by atoms with Gasteiger partial charge in [0, 0.05) is 81.7 Å². The largest absolute Gasteiger partial charge is 0.482 e. The van der Waals surface area contributed by atoms with Gasteiger partial charge in [-0.25, -0.2) is 17.6 Å². The summed E-state index contributed by atoms with van der Waals surface area (Å²) in [5.41, 5.74) is 10.2. The van der Waals surface area contributed by atoms with E-state index in [0.29, 0.717) is 73.7 Å². The lowest BCUT2D eigenvalue weighted by Crippen LogP contribution is -2.45. The molecule has 0 saturated carbocycles. The normalized spacial score (nSPS) is 16.1. The van der Waals surface area contributed by atoms with Crippen LogP contribution >= 0.6 is 0 Å². The van der Waals surface area contributed by atoms with E-state index in [0.717, 1.165) is 179 Å². The number of hydrogen-bond donors (Lipinski definition) is 3. The van der Waals surface area contributed by atoms with Crippen molar-refractivity contribution in [3.05, 3.63) is 298 Å². The minimum Gasteiger partial charge on any atom is -0.482 e. The predicted molar refractivity (Wildman–Crippen MR) is 442 cm³/mol. The molecule has 3 saturated heterocycles. The number of anilines is 3. The van der Waals surface area contributed by atoms with E-state index in [1.807, 2.05) is 154 Å². The molecule has 0 aliphatic carbocycles. The van der Waals surface area contributed by atoms with E-state index in [9.17, 15) is 46.3 Å². The maximum atomic E-state index is 13.4. The number of ether oxygens (including phenoxy) is 3. The van der Waals surface area contributed by atoms with Crippen LogP contribution < -0.4 is 44.9 Å². The average molecular weight is 1570 g/mol. The smallest absolute Gasteiger partial charge is 0.265 e. The fourth-order valence-electron chi connectivity index (χ4n) is 16.6. The summed E-state index contributed by atoms with van der Waals surface area (Å²) in [6.45, 7) is 11.1. The van der Waals surface area contributed by atoms with Gasteiger partial charge in [0.2, 0.25) is 0 Å². The molecule has 10 aromatic carbocycles. The van der Waals surface area contributed by atoms with Crippen molar-refractivity contribution in [3.63, 3.8) is 0 Å². The Hall–Kier alpha value is -11.7. The van der Waals surface area contributed by atoms with Crippen LogP contribution in [0.15, 0.2) is 224 Å². The number of carbonyl (C=O) groups excluding carboxylic acids is 6. The van der Waals surface area contributed by atoms with Crippen LogP contribution in [0.1, 0.15) is 121 Å². The maximum absolute atomic E-state index is 13.4. The van der Waals surface area contributed by atoms with E-state index in [4.69, 9.17) is 14.2 Å². The predicted octanol–water partition coefficient (Wildman–Crippen LogP) is 14.5. The lowest BCUT2D eigenvalue weighted by Gasteiger charge is -2.35. The maximum Gasteiger partial charge on any atom is 0.265 e. The second-order valence-electron chi connectivity index (χ2n) is 30.2. The lowest BCUT2D eigenvalue weighted by molar-refractivity contribution is -0.122. The molecule has 0 atom stereocenters. The number of nitrogens with one attached hydrogen (secondary N) is 3. The number of piperidine rings is 3. The van der Waals surface area contributed by atoms with Crippen LogP contribution in [0.4, 0.5) is 34.6 Å². The average Bonchev–Trinajstić information content (AvgIpc) is 0.823. The molecule has 22 heteroatoms. The molecule has 0 radical (unpaired) electrons. The van der Waals surface area contributed by atoms with Crippen LogP contribution in [0, 0.1) is 23.3 Å². The Morgan fingerprint density at radius 3 is 1.04 bits per heavy atom. The Bertz CT molecular complexity index is 5100. The van der Waals surface area contributed by atoms with Crippen LogP contribution in [0.5, 0.6) is 17.2 Å². The van der Waals surface area contributed by atoms with Gasteiger partial charge in [0.15, 0.2) is 31.5 Å². The van der Waals surface area contributed by atoms with Crippen LogP contribution in [-0.2, 0) is 33.6 Å². The Balaban J connectivity index is 0.000000144. The summed E-state index contributed by atoms with van der Waals surface area (Å²) in [6, 6.07) is 68.4. The summed E-state index contributed by atoms with van der Waals surface area (Å²) < 4.78 is 70.1. The molecule has 6 aliphatic heterocycles. The van der Waals surface area contributed by atoms with Crippen molar-refractivity contribution in [2.24, 2.45) is 0 Å². The SMILES string of the molecule is O=C(NCCc1cc(F)cc(F)c1)c1ccccc1C1CCN(CCN2C(=O)COc3ccccc32)CC1.O=C(NCCc1ccc(F)c(F)c1)c1ccccc1C1CCN(CCN2C(=O)COc3ccccc32)CC1.O=C(NCCc1ccc2ccccc2c1)c1ccccc1C1CCN(CCN2C(=O)COc3ccccc32)CC1. The molecule has 3 fully saturated rings. The van der Waals surface area contributed by atoms with E-state index < -0.39 is 23.3 Å². The summed E-state index contributed by atoms with van der Waals surface area (Å²) >= 11 is 0. The molecule has 6 amide bonds. The Morgan fingerprint density at radius 2 is 0.655 bits per heavy atom. The Labute approximate surface area is 674 Å². The molecular weight excluding hydrogens is 1480 g/mol. The third kappa shape index (κ3) is 20.7. The van der Waals surface area contributed by atoms with Gasteiger partial charge in [0.25, 0.3) is 35.4 Å². The van der Waals surface area contributed by atoms with Crippen molar-refractivity contribution in [2.45, 2.75) is 75.5 Å². The lowest BCUT2D eigenvalue weighted by atomic mass is 9.86. The highest BCUT2D eigenvalue weighted by atomic mass is 19.2. The molecule has 0 bridgehead atoms. The van der Waals surface area contributed by atoms with E-state index in [2.05, 4.69) is 79.2 Å². The molecule has 0 aromatic heterocycles. The first kappa shape index (κ1) is 80.9. The van der Waals surface area contributed by atoms with Gasteiger partial charge in [-0.3, -0.25) is 28.8 Å². The molecule has 0 unspecified atom stereocenters. The topological polar surface area (TPSA) is 186 Å². The van der Waals surface area contributed by atoms with Gasteiger partial charge in [-0.2, -0.15) is 0 Å². The second kappa shape index (κ2) is 39.1. The first-order chi connectivity index (χ1) is 56.6. The zero-order valence-electron chi connectivity index (χ0n) is 65.1. The number of fused-ring (bicyclic) bond motifs is 4. The first-order valence-electron chi connectivity index (χ1n) is 40.3. The zero-order valence-corrected chi connectivity index (χ0v) is 65.1. The fourth-order valence-corrected chi connectivity index (χ4v) is 16.6. The van der Waals surface area contributed by atoms with Gasteiger partial charge in [0.1, 0.15) is 28.9 Å². The molecule has 600 valence electrons. The van der Waals surface area contributed by atoms with Gasteiger partial charge < -0.3 is 59.6 Å². The number of likely N-dealkylation sites (tertiary alicyclic amines) is 3. The molecule has 3 N–H and O–H groups in total. The minimum absolute atomic E-state index is 0.00307. The summed E-state index contributed by atoms with van der Waals surface area (Å²) in [6.07, 6.45) is 7.23. The molecular formula is C94H97F4N9O9. The number of hydrogen-bond acceptors (Lipinski definition) is 12. The van der Waals surface area contributed by atoms with Crippen molar-refractivity contribution < 1.29 is 60.5 Å². The summed E-state index contributed by atoms with van der Waals surface area (Å²) in [5, 5.41) is 11.4. The number of rotatable bonds is 24. The van der Waals surface area contributed by atoms with Crippen molar-refractivity contribution >= 4 is 63.3 Å².